The molecule has 0 atom stereocenters. The van der Waals surface area contributed by atoms with E-state index in [-0.39, 0.29) is 16.6 Å². The fourth-order valence-electron chi connectivity index (χ4n) is 2.05. The van der Waals surface area contributed by atoms with Gasteiger partial charge >= 0.3 is 0 Å². The average Bonchev–Trinajstić information content (AvgIpc) is 3.11. The number of hydrogen-bond donors (Lipinski definition) is 2. The molecule has 0 saturated heterocycles. The summed E-state index contributed by atoms with van der Waals surface area (Å²) in [4.78, 5) is 14.4. The van der Waals surface area contributed by atoms with Crippen molar-refractivity contribution in [2.75, 3.05) is 11.4 Å². The van der Waals surface area contributed by atoms with Gasteiger partial charge < -0.3 is 15.7 Å². The zero-order valence-electron chi connectivity index (χ0n) is 10.2. The monoisotopic (exact) mass is 264 g/mol. The number of amides is 1. The predicted molar refractivity (Wildman–Crippen MR) is 74.6 cm³/mol. The van der Waals surface area contributed by atoms with Crippen molar-refractivity contribution in [3.8, 4) is 5.75 Å². The van der Waals surface area contributed by atoms with Crippen LogP contribution in [0.2, 0.25) is 0 Å². The quantitative estimate of drug-likeness (QED) is 0.814. The largest absolute Gasteiger partial charge is 0.508 e. The lowest BCUT2D eigenvalue weighted by atomic mass is 10.0. The molecule has 3 N–H and O–H groups in total. The maximum atomic E-state index is 12.5. The Labute approximate surface area is 111 Å². The van der Waals surface area contributed by atoms with Gasteiger partial charge in [-0.1, -0.05) is 18.3 Å². The second-order valence-electron chi connectivity index (χ2n) is 4.52. The lowest BCUT2D eigenvalue weighted by Gasteiger charge is -2.25. The van der Waals surface area contributed by atoms with Crippen molar-refractivity contribution < 1.29 is 9.90 Å². The molecule has 0 radical (unpaired) electrons. The van der Waals surface area contributed by atoms with E-state index in [0.717, 1.165) is 12.8 Å². The number of hydrogen-bond acceptors (Lipinski definition) is 3. The first kappa shape index (κ1) is 12.8. The van der Waals surface area contributed by atoms with Gasteiger partial charge in [-0.3, -0.25) is 4.79 Å². The summed E-state index contributed by atoms with van der Waals surface area (Å²) in [6.07, 6.45) is 1.44. The van der Waals surface area contributed by atoms with Crippen LogP contribution < -0.4 is 10.6 Å². The Bertz CT molecular complexity index is 498. The molecule has 1 amide bonds. The number of carbonyl (C=O) groups excluding carboxylic acids is 1. The number of phenols is 1. The number of phenolic OH excluding ortho intramolecular Hbond substituents is 1. The van der Waals surface area contributed by atoms with E-state index in [2.05, 4.69) is 0 Å². The first-order chi connectivity index (χ1) is 8.51. The maximum absolute atomic E-state index is 12.5. The predicted octanol–water partition coefficient (Wildman–Crippen LogP) is 1.81. The first-order valence-electron chi connectivity index (χ1n) is 5.92. The second-order valence-corrected chi connectivity index (χ2v) is 4.96. The van der Waals surface area contributed by atoms with Crippen LogP contribution in [0, 0.1) is 5.41 Å². The van der Waals surface area contributed by atoms with Gasteiger partial charge in [0.1, 0.15) is 5.75 Å². The molecule has 0 bridgehead atoms. The number of nitrogens with zero attached hydrogens (tertiary/aromatic N) is 1. The lowest BCUT2D eigenvalue weighted by molar-refractivity contribution is -0.121. The third-order valence-electron chi connectivity index (χ3n) is 3.33. The molecule has 1 aromatic carbocycles. The number of benzene rings is 1. The smallest absolute Gasteiger partial charge is 0.240 e. The topological polar surface area (TPSA) is 66.6 Å². The van der Waals surface area contributed by atoms with E-state index in [9.17, 15) is 9.90 Å². The molecule has 5 heteroatoms. The zero-order valence-corrected chi connectivity index (χ0v) is 11.0. The third-order valence-corrected chi connectivity index (χ3v) is 3.72. The van der Waals surface area contributed by atoms with Crippen molar-refractivity contribution in [3.63, 3.8) is 0 Å². The molecular weight excluding hydrogens is 248 g/mol. The van der Waals surface area contributed by atoms with E-state index in [1.54, 1.807) is 29.2 Å². The van der Waals surface area contributed by atoms with Crippen LogP contribution in [0.3, 0.4) is 0 Å². The molecule has 1 aromatic rings. The Morgan fingerprint density at radius 3 is 2.67 bits per heavy atom. The van der Waals surface area contributed by atoms with Crippen molar-refractivity contribution in [2.24, 2.45) is 11.1 Å². The van der Waals surface area contributed by atoms with Crippen molar-refractivity contribution in [1.82, 2.24) is 0 Å². The highest BCUT2D eigenvalue weighted by atomic mass is 32.1. The Morgan fingerprint density at radius 2 is 2.22 bits per heavy atom. The van der Waals surface area contributed by atoms with Crippen LogP contribution in [-0.4, -0.2) is 22.5 Å². The summed E-state index contributed by atoms with van der Waals surface area (Å²) in [6, 6.07) is 6.64. The molecule has 1 aliphatic carbocycles. The molecule has 2 rings (SSSR count). The molecule has 1 fully saturated rings. The van der Waals surface area contributed by atoms with Gasteiger partial charge in [0.05, 0.1) is 10.4 Å². The molecular formula is C13H16N2O2S. The molecule has 1 aliphatic rings. The van der Waals surface area contributed by atoms with Crippen LogP contribution in [0.1, 0.15) is 19.8 Å². The van der Waals surface area contributed by atoms with Crippen LogP contribution in [0.15, 0.2) is 24.3 Å². The number of rotatable bonds is 4. The van der Waals surface area contributed by atoms with Gasteiger partial charge in [-0.15, -0.1) is 0 Å². The standard InChI is InChI=1S/C13H16N2O2S/c1-2-15(9-4-3-5-10(16)8-9)12(17)13(6-7-13)11(14)18/h3-5,8,16H,2,6-7H2,1H3,(H2,14,18). The van der Waals surface area contributed by atoms with Crippen LogP contribution in [-0.2, 0) is 4.79 Å². The van der Waals surface area contributed by atoms with E-state index in [4.69, 9.17) is 18.0 Å². The summed E-state index contributed by atoms with van der Waals surface area (Å²) in [7, 11) is 0. The summed E-state index contributed by atoms with van der Waals surface area (Å²) in [6.45, 7) is 2.41. The average molecular weight is 264 g/mol. The molecule has 0 unspecified atom stereocenters. The number of nitrogens with two attached hydrogens (primary N) is 1. The summed E-state index contributed by atoms with van der Waals surface area (Å²) in [5.74, 6) is 0.0713. The van der Waals surface area contributed by atoms with Gasteiger partial charge in [-0.05, 0) is 31.9 Å². The van der Waals surface area contributed by atoms with E-state index >= 15 is 0 Å². The lowest BCUT2D eigenvalue weighted by Crippen LogP contribution is -2.42. The summed E-state index contributed by atoms with van der Waals surface area (Å²) in [5, 5.41) is 9.48. The van der Waals surface area contributed by atoms with Gasteiger partial charge in [0.15, 0.2) is 0 Å². The van der Waals surface area contributed by atoms with E-state index in [1.807, 2.05) is 6.92 Å². The van der Waals surface area contributed by atoms with Crippen molar-refractivity contribution in [3.05, 3.63) is 24.3 Å². The van der Waals surface area contributed by atoms with Gasteiger partial charge in [-0.25, -0.2) is 0 Å². The normalized spacial score (nSPS) is 16.1. The number of carbonyl (C=O) groups is 1. The fourth-order valence-corrected chi connectivity index (χ4v) is 2.34. The molecule has 18 heavy (non-hydrogen) atoms. The highest BCUT2D eigenvalue weighted by molar-refractivity contribution is 7.80. The van der Waals surface area contributed by atoms with Crippen LogP contribution in [0.5, 0.6) is 5.75 Å². The Balaban J connectivity index is 2.30. The van der Waals surface area contributed by atoms with Crippen molar-refractivity contribution >= 4 is 28.8 Å². The van der Waals surface area contributed by atoms with E-state index in [0.29, 0.717) is 12.2 Å². The maximum Gasteiger partial charge on any atom is 0.240 e. The minimum absolute atomic E-state index is 0.0666. The molecule has 1 saturated carbocycles. The highest BCUT2D eigenvalue weighted by Gasteiger charge is 2.54. The SMILES string of the molecule is CCN(C(=O)C1(C(N)=S)CC1)c1cccc(O)c1. The zero-order chi connectivity index (χ0) is 13.3. The Hall–Kier alpha value is -1.62. The van der Waals surface area contributed by atoms with Crippen LogP contribution in [0.25, 0.3) is 0 Å². The number of anilines is 1. The third kappa shape index (κ3) is 2.06. The molecule has 0 aliphatic heterocycles. The van der Waals surface area contributed by atoms with Gasteiger partial charge in [0, 0.05) is 18.3 Å². The molecule has 0 spiro atoms. The Morgan fingerprint density at radius 1 is 1.56 bits per heavy atom. The van der Waals surface area contributed by atoms with Gasteiger partial charge in [0.25, 0.3) is 0 Å². The molecule has 4 nitrogen and oxygen atoms in total. The first-order valence-corrected chi connectivity index (χ1v) is 6.33. The minimum Gasteiger partial charge on any atom is -0.508 e. The molecule has 0 aromatic heterocycles. The van der Waals surface area contributed by atoms with E-state index < -0.39 is 5.41 Å². The Kier molecular flexibility index (Phi) is 3.26. The van der Waals surface area contributed by atoms with Gasteiger partial charge in [-0.2, -0.15) is 0 Å². The van der Waals surface area contributed by atoms with Gasteiger partial charge in [0.2, 0.25) is 5.91 Å². The number of thiocarbonyl (C=S) groups is 1. The number of aromatic hydroxyl groups is 1. The van der Waals surface area contributed by atoms with E-state index in [1.165, 1.54) is 0 Å². The fraction of sp³-hybridized carbons (Fsp3) is 0.385. The van der Waals surface area contributed by atoms with Crippen molar-refractivity contribution in [1.29, 1.82) is 0 Å². The van der Waals surface area contributed by atoms with Crippen molar-refractivity contribution in [2.45, 2.75) is 19.8 Å². The van der Waals surface area contributed by atoms with Crippen LogP contribution >= 0.6 is 12.2 Å². The second kappa shape index (κ2) is 4.57. The summed E-state index contributed by atoms with van der Waals surface area (Å²) < 4.78 is 0. The highest BCUT2D eigenvalue weighted by Crippen LogP contribution is 2.48. The minimum atomic E-state index is -0.656. The molecule has 0 heterocycles. The summed E-state index contributed by atoms with van der Waals surface area (Å²) >= 11 is 4.99. The summed E-state index contributed by atoms with van der Waals surface area (Å²) in [5.41, 5.74) is 5.68. The molecule has 96 valence electrons. The van der Waals surface area contributed by atoms with Crippen LogP contribution in [0.4, 0.5) is 5.69 Å².